The Labute approximate surface area is 155 Å². The van der Waals surface area contributed by atoms with E-state index in [1.165, 1.54) is 18.4 Å². The van der Waals surface area contributed by atoms with Gasteiger partial charge in [-0.1, -0.05) is 30.3 Å². The Hall–Kier alpha value is -2.47. The number of piperidine rings is 1. The molecule has 1 aliphatic rings. The van der Waals surface area contributed by atoms with Gasteiger partial charge in [-0.2, -0.15) is 0 Å². The number of likely N-dealkylation sites (tertiary alicyclic amines) is 1. The molecule has 1 fully saturated rings. The van der Waals surface area contributed by atoms with Gasteiger partial charge in [0, 0.05) is 45.0 Å². The van der Waals surface area contributed by atoms with Crippen molar-refractivity contribution in [3.8, 4) is 0 Å². The smallest absolute Gasteiger partial charge is 0.222 e. The number of carbonyl (C=O) groups excluding carboxylic acids is 1. The molecule has 1 saturated heterocycles. The van der Waals surface area contributed by atoms with E-state index in [2.05, 4.69) is 55.8 Å². The number of aromatic nitrogens is 2. The van der Waals surface area contributed by atoms with E-state index in [-0.39, 0.29) is 5.91 Å². The fourth-order valence-corrected chi connectivity index (χ4v) is 3.33. The van der Waals surface area contributed by atoms with Gasteiger partial charge in [0.15, 0.2) is 0 Å². The summed E-state index contributed by atoms with van der Waals surface area (Å²) >= 11 is 0. The Bertz CT molecular complexity index is 664. The molecule has 2 heterocycles. The van der Waals surface area contributed by atoms with Crippen molar-refractivity contribution in [2.45, 2.75) is 25.8 Å². The van der Waals surface area contributed by atoms with Gasteiger partial charge in [-0.15, -0.1) is 0 Å². The van der Waals surface area contributed by atoms with Gasteiger partial charge in [0.2, 0.25) is 11.9 Å². The van der Waals surface area contributed by atoms with Crippen molar-refractivity contribution in [2.75, 3.05) is 31.5 Å². The number of anilines is 1. The molecule has 1 amide bonds. The molecule has 1 aromatic carbocycles. The fraction of sp³-hybridized carbons (Fsp3) is 0.450. The highest BCUT2D eigenvalue weighted by Gasteiger charge is 2.20. The topological polar surface area (TPSA) is 70.1 Å². The number of amides is 1. The van der Waals surface area contributed by atoms with Crippen LogP contribution in [0.4, 0.5) is 5.95 Å². The minimum atomic E-state index is 0.0774. The van der Waals surface area contributed by atoms with E-state index in [9.17, 15) is 4.79 Å². The van der Waals surface area contributed by atoms with Crippen molar-refractivity contribution < 1.29 is 4.79 Å². The monoisotopic (exact) mass is 353 g/mol. The average Bonchev–Trinajstić information content (AvgIpc) is 2.68. The minimum absolute atomic E-state index is 0.0774. The maximum atomic E-state index is 12.0. The predicted octanol–water partition coefficient (Wildman–Crippen LogP) is 2.31. The molecule has 2 N–H and O–H groups in total. The lowest BCUT2D eigenvalue weighted by Crippen LogP contribution is -2.40. The first-order chi connectivity index (χ1) is 12.8. The van der Waals surface area contributed by atoms with E-state index in [0.29, 0.717) is 24.8 Å². The SMILES string of the molecule is O=C(CCNc1ncccn1)NCC1CCCN(Cc2ccccc2)C1. The third-order valence-corrected chi connectivity index (χ3v) is 4.64. The number of rotatable bonds is 8. The zero-order chi connectivity index (χ0) is 18.0. The Balaban J connectivity index is 1.34. The summed E-state index contributed by atoms with van der Waals surface area (Å²) in [5, 5.41) is 6.13. The van der Waals surface area contributed by atoms with Crippen LogP contribution in [-0.2, 0) is 11.3 Å². The van der Waals surface area contributed by atoms with Gasteiger partial charge in [0.25, 0.3) is 0 Å². The van der Waals surface area contributed by atoms with Gasteiger partial charge < -0.3 is 10.6 Å². The Morgan fingerprint density at radius 3 is 2.77 bits per heavy atom. The molecule has 1 aliphatic heterocycles. The van der Waals surface area contributed by atoms with Crippen LogP contribution in [0.2, 0.25) is 0 Å². The molecule has 0 saturated carbocycles. The molecule has 1 aromatic heterocycles. The van der Waals surface area contributed by atoms with Gasteiger partial charge in [-0.25, -0.2) is 9.97 Å². The summed E-state index contributed by atoms with van der Waals surface area (Å²) in [6.07, 6.45) is 6.17. The van der Waals surface area contributed by atoms with Gasteiger partial charge in [0.1, 0.15) is 0 Å². The Kier molecular flexibility index (Phi) is 6.96. The number of nitrogens with one attached hydrogen (secondary N) is 2. The van der Waals surface area contributed by atoms with Crippen molar-refractivity contribution in [1.29, 1.82) is 0 Å². The molecule has 6 nitrogen and oxygen atoms in total. The summed E-state index contributed by atoms with van der Waals surface area (Å²) in [5.74, 6) is 1.17. The zero-order valence-electron chi connectivity index (χ0n) is 15.1. The van der Waals surface area contributed by atoms with Crippen LogP contribution >= 0.6 is 0 Å². The maximum Gasteiger partial charge on any atom is 0.222 e. The minimum Gasteiger partial charge on any atom is -0.356 e. The summed E-state index contributed by atoms with van der Waals surface area (Å²) in [6.45, 7) is 4.48. The first-order valence-electron chi connectivity index (χ1n) is 9.33. The summed E-state index contributed by atoms with van der Waals surface area (Å²) in [7, 11) is 0. The molecule has 26 heavy (non-hydrogen) atoms. The van der Waals surface area contributed by atoms with Crippen LogP contribution in [0, 0.1) is 5.92 Å². The van der Waals surface area contributed by atoms with Crippen LogP contribution in [0.5, 0.6) is 0 Å². The highest BCUT2D eigenvalue weighted by molar-refractivity contribution is 5.76. The number of carbonyl (C=O) groups is 1. The van der Waals surface area contributed by atoms with Crippen LogP contribution in [-0.4, -0.2) is 47.0 Å². The van der Waals surface area contributed by atoms with E-state index in [4.69, 9.17) is 0 Å². The van der Waals surface area contributed by atoms with Gasteiger partial charge in [-0.3, -0.25) is 9.69 Å². The van der Waals surface area contributed by atoms with Crippen LogP contribution in [0.1, 0.15) is 24.8 Å². The lowest BCUT2D eigenvalue weighted by Gasteiger charge is -2.32. The summed E-state index contributed by atoms with van der Waals surface area (Å²) < 4.78 is 0. The Morgan fingerprint density at radius 1 is 1.15 bits per heavy atom. The molecular formula is C20H27N5O. The first kappa shape index (κ1) is 18.3. The predicted molar refractivity (Wildman–Crippen MR) is 103 cm³/mol. The second-order valence-corrected chi connectivity index (χ2v) is 6.78. The molecule has 6 heteroatoms. The number of hydrogen-bond acceptors (Lipinski definition) is 5. The molecule has 0 bridgehead atoms. The standard InChI is InChI=1S/C20H27N5O/c26-19(9-12-23-20-21-10-5-11-22-20)24-14-18-8-4-13-25(16-18)15-17-6-2-1-3-7-17/h1-3,5-7,10-11,18H,4,8-9,12-16H2,(H,24,26)(H,21,22,23). The molecule has 1 unspecified atom stereocenters. The number of nitrogens with zero attached hydrogens (tertiary/aromatic N) is 3. The third kappa shape index (κ3) is 6.11. The van der Waals surface area contributed by atoms with Crippen LogP contribution < -0.4 is 10.6 Å². The van der Waals surface area contributed by atoms with Crippen LogP contribution in [0.3, 0.4) is 0 Å². The van der Waals surface area contributed by atoms with Crippen molar-refractivity contribution >= 4 is 11.9 Å². The number of benzene rings is 1. The van der Waals surface area contributed by atoms with E-state index < -0.39 is 0 Å². The quantitative estimate of drug-likeness (QED) is 0.762. The van der Waals surface area contributed by atoms with E-state index in [0.717, 1.165) is 26.2 Å². The van der Waals surface area contributed by atoms with Crippen molar-refractivity contribution in [2.24, 2.45) is 5.92 Å². The normalized spacial score (nSPS) is 17.6. The van der Waals surface area contributed by atoms with Crippen molar-refractivity contribution in [1.82, 2.24) is 20.2 Å². The van der Waals surface area contributed by atoms with Gasteiger partial charge in [-0.05, 0) is 36.9 Å². The van der Waals surface area contributed by atoms with Crippen molar-refractivity contribution in [3.63, 3.8) is 0 Å². The van der Waals surface area contributed by atoms with Gasteiger partial charge in [0.05, 0.1) is 0 Å². The fourth-order valence-electron chi connectivity index (χ4n) is 3.33. The maximum absolute atomic E-state index is 12.0. The van der Waals surface area contributed by atoms with E-state index >= 15 is 0 Å². The summed E-state index contributed by atoms with van der Waals surface area (Å²) in [4.78, 5) is 22.7. The molecule has 1 atom stereocenters. The van der Waals surface area contributed by atoms with Crippen LogP contribution in [0.15, 0.2) is 48.8 Å². The molecule has 3 rings (SSSR count). The van der Waals surface area contributed by atoms with Gasteiger partial charge >= 0.3 is 0 Å². The highest BCUT2D eigenvalue weighted by Crippen LogP contribution is 2.18. The largest absolute Gasteiger partial charge is 0.356 e. The molecule has 2 aromatic rings. The third-order valence-electron chi connectivity index (χ3n) is 4.64. The molecular weight excluding hydrogens is 326 g/mol. The molecule has 0 spiro atoms. The summed E-state index contributed by atoms with van der Waals surface area (Å²) in [6, 6.07) is 12.3. The lowest BCUT2D eigenvalue weighted by molar-refractivity contribution is -0.121. The lowest BCUT2D eigenvalue weighted by atomic mass is 9.97. The van der Waals surface area contributed by atoms with Crippen LogP contribution in [0.25, 0.3) is 0 Å². The first-order valence-corrected chi connectivity index (χ1v) is 9.33. The second kappa shape index (κ2) is 9.87. The summed E-state index contributed by atoms with van der Waals surface area (Å²) in [5.41, 5.74) is 1.35. The number of hydrogen-bond donors (Lipinski definition) is 2. The second-order valence-electron chi connectivity index (χ2n) is 6.78. The molecule has 0 aliphatic carbocycles. The molecule has 138 valence electrons. The zero-order valence-corrected chi connectivity index (χ0v) is 15.1. The Morgan fingerprint density at radius 2 is 1.96 bits per heavy atom. The molecule has 0 radical (unpaired) electrons. The average molecular weight is 353 g/mol. The highest BCUT2D eigenvalue weighted by atomic mass is 16.1. The van der Waals surface area contributed by atoms with E-state index in [1.807, 2.05) is 0 Å². The van der Waals surface area contributed by atoms with Crippen molar-refractivity contribution in [3.05, 3.63) is 54.4 Å². The van der Waals surface area contributed by atoms with E-state index in [1.54, 1.807) is 18.5 Å².